The average Bonchev–Trinajstić information content (AvgIpc) is 2.94. The summed E-state index contributed by atoms with van der Waals surface area (Å²) in [5.74, 6) is -0.0906. The first kappa shape index (κ1) is 20.5. The minimum absolute atomic E-state index is 0.0906. The second-order valence-corrected chi connectivity index (χ2v) is 15.1. The number of fused-ring (bicyclic) bond motifs is 2. The van der Waals surface area contributed by atoms with Crippen molar-refractivity contribution in [1.82, 2.24) is 5.09 Å². The first-order chi connectivity index (χ1) is 13.3. The fourth-order valence-electron chi connectivity index (χ4n) is 5.84. The quantitative estimate of drug-likeness (QED) is 0.747. The van der Waals surface area contributed by atoms with E-state index in [4.69, 9.17) is 4.52 Å². The molecule has 5 heteroatoms. The van der Waals surface area contributed by atoms with Crippen molar-refractivity contribution in [2.45, 2.75) is 70.7 Å². The molecule has 0 radical (unpaired) electrons. The van der Waals surface area contributed by atoms with Gasteiger partial charge in [-0.15, -0.1) is 0 Å². The molecule has 1 fully saturated rings. The van der Waals surface area contributed by atoms with Crippen molar-refractivity contribution in [3.63, 3.8) is 0 Å². The molecule has 0 aliphatic carbocycles. The molecule has 1 amide bonds. The number of carbonyl (C=O) groups is 1. The van der Waals surface area contributed by atoms with Crippen LogP contribution in [-0.2, 0) is 10.9 Å². The van der Waals surface area contributed by atoms with E-state index < -0.39 is 12.6 Å². The number of carbonyl (C=O) groups excluding carboxylic acids is 1. The summed E-state index contributed by atoms with van der Waals surface area (Å²) in [4.78, 5) is 13.6. The van der Waals surface area contributed by atoms with Crippen LogP contribution in [0.3, 0.4) is 0 Å². The van der Waals surface area contributed by atoms with Crippen molar-refractivity contribution in [1.29, 1.82) is 0 Å². The van der Waals surface area contributed by atoms with Crippen LogP contribution in [0.4, 0.5) is 0 Å². The van der Waals surface area contributed by atoms with E-state index in [0.717, 1.165) is 22.6 Å². The van der Waals surface area contributed by atoms with Crippen LogP contribution in [0.5, 0.6) is 0 Å². The van der Waals surface area contributed by atoms with Crippen molar-refractivity contribution < 1.29 is 14.4 Å². The molecule has 2 heterocycles. The SMILES string of the molecule is CC(C)(O)Cc1cccc2c1C(=O)NP21(c2ccccc2)OC(C)(C)CC1(C)C. The van der Waals surface area contributed by atoms with Gasteiger partial charge < -0.3 is 0 Å². The zero-order valence-electron chi connectivity index (χ0n) is 18.2. The number of hydrogen-bond donors (Lipinski definition) is 2. The van der Waals surface area contributed by atoms with E-state index in [1.54, 1.807) is 13.8 Å². The third-order valence-corrected chi connectivity index (χ3v) is 13.0. The van der Waals surface area contributed by atoms with Gasteiger partial charge in [-0.3, -0.25) is 0 Å². The fourth-order valence-corrected chi connectivity index (χ4v) is 12.5. The van der Waals surface area contributed by atoms with Crippen LogP contribution >= 0.6 is 6.98 Å². The van der Waals surface area contributed by atoms with Gasteiger partial charge in [-0.1, -0.05) is 0 Å². The Labute approximate surface area is 173 Å². The second-order valence-electron chi connectivity index (χ2n) is 10.5. The van der Waals surface area contributed by atoms with Crippen molar-refractivity contribution in [2.24, 2.45) is 0 Å². The van der Waals surface area contributed by atoms with Gasteiger partial charge in [0.25, 0.3) is 0 Å². The summed E-state index contributed by atoms with van der Waals surface area (Å²) in [5, 5.41) is 15.7. The molecule has 2 aliphatic heterocycles. The summed E-state index contributed by atoms with van der Waals surface area (Å²) in [6.45, 7) is 8.69. The van der Waals surface area contributed by atoms with Crippen LogP contribution in [0.25, 0.3) is 0 Å². The molecule has 156 valence electrons. The summed E-state index contributed by atoms with van der Waals surface area (Å²) in [5.41, 5.74) is 0.269. The van der Waals surface area contributed by atoms with Crippen molar-refractivity contribution >= 4 is 23.5 Å². The number of aliphatic hydroxyl groups is 1. The number of benzene rings is 2. The topological polar surface area (TPSA) is 58.6 Å². The summed E-state index contributed by atoms with van der Waals surface area (Å²) in [6.07, 6.45) is 1.25. The van der Waals surface area contributed by atoms with E-state index >= 15 is 0 Å². The summed E-state index contributed by atoms with van der Waals surface area (Å²) in [7, 11) is 0. The Morgan fingerprint density at radius 3 is 2.28 bits per heavy atom. The second kappa shape index (κ2) is 5.91. The van der Waals surface area contributed by atoms with E-state index in [1.807, 2.05) is 30.3 Å². The van der Waals surface area contributed by atoms with E-state index in [0.29, 0.717) is 12.0 Å². The molecule has 0 aromatic heterocycles. The standard InChI is InChI=1S/C24H32NO3P/c1-22(2,27)15-17-11-10-14-19-20(17)21(26)25-29(19,18-12-8-7-9-13-18)24(5,6)16-23(3,4)28-29/h7-14,27H,15-16H2,1-6H3,(H,25,26). The van der Waals surface area contributed by atoms with Crippen LogP contribution in [0.15, 0.2) is 48.5 Å². The normalized spacial score (nSPS) is 24.5. The predicted molar refractivity (Wildman–Crippen MR) is 120 cm³/mol. The molecule has 1 saturated heterocycles. The van der Waals surface area contributed by atoms with E-state index in [9.17, 15) is 9.90 Å². The molecule has 1 spiro atoms. The Morgan fingerprint density at radius 2 is 1.72 bits per heavy atom. The summed E-state index contributed by atoms with van der Waals surface area (Å²) >= 11 is 0. The first-order valence-electron chi connectivity index (χ1n) is 10.3. The number of hydrogen-bond acceptors (Lipinski definition) is 3. The van der Waals surface area contributed by atoms with Gasteiger partial charge in [-0.2, -0.15) is 0 Å². The van der Waals surface area contributed by atoms with Crippen LogP contribution in [0.1, 0.15) is 63.9 Å². The minimum atomic E-state index is -3.55. The Hall–Kier alpha value is -1.74. The van der Waals surface area contributed by atoms with Crippen molar-refractivity contribution in [3.05, 3.63) is 59.7 Å². The van der Waals surface area contributed by atoms with Gasteiger partial charge in [0.1, 0.15) is 0 Å². The number of nitrogens with one attached hydrogen (secondary N) is 1. The van der Waals surface area contributed by atoms with Gasteiger partial charge in [-0.05, 0) is 0 Å². The molecule has 2 aromatic rings. The van der Waals surface area contributed by atoms with Gasteiger partial charge >= 0.3 is 173 Å². The zero-order valence-corrected chi connectivity index (χ0v) is 19.1. The van der Waals surface area contributed by atoms with E-state index in [1.165, 1.54) is 0 Å². The van der Waals surface area contributed by atoms with Crippen molar-refractivity contribution in [3.8, 4) is 0 Å². The molecule has 0 atom stereocenters. The Balaban J connectivity index is 2.11. The molecule has 2 aromatic carbocycles. The molecule has 2 N–H and O–H groups in total. The summed E-state index contributed by atoms with van der Waals surface area (Å²) in [6, 6.07) is 16.2. The van der Waals surface area contributed by atoms with E-state index in [-0.39, 0.29) is 16.7 Å². The predicted octanol–water partition coefficient (Wildman–Crippen LogP) is 4.06. The molecular weight excluding hydrogens is 381 g/mol. The first-order valence-corrected chi connectivity index (χ1v) is 12.4. The number of rotatable bonds is 3. The third kappa shape index (κ3) is 2.66. The van der Waals surface area contributed by atoms with Gasteiger partial charge in [0.2, 0.25) is 0 Å². The van der Waals surface area contributed by atoms with Gasteiger partial charge in [0.15, 0.2) is 0 Å². The van der Waals surface area contributed by atoms with Gasteiger partial charge in [-0.25, -0.2) is 0 Å². The Kier molecular flexibility index (Phi) is 4.18. The van der Waals surface area contributed by atoms with Crippen LogP contribution < -0.4 is 15.7 Å². The maximum atomic E-state index is 13.6. The monoisotopic (exact) mass is 413 g/mol. The third-order valence-electron chi connectivity index (χ3n) is 6.45. The van der Waals surface area contributed by atoms with Crippen molar-refractivity contribution in [2.75, 3.05) is 0 Å². The maximum absolute atomic E-state index is 13.6. The number of amides is 1. The summed E-state index contributed by atoms with van der Waals surface area (Å²) < 4.78 is 7.10. The van der Waals surface area contributed by atoms with Crippen LogP contribution in [0.2, 0.25) is 0 Å². The van der Waals surface area contributed by atoms with Crippen LogP contribution in [-0.4, -0.2) is 27.4 Å². The molecule has 2 aliphatic rings. The molecule has 29 heavy (non-hydrogen) atoms. The molecule has 0 unspecified atom stereocenters. The molecule has 0 saturated carbocycles. The van der Waals surface area contributed by atoms with Gasteiger partial charge in [0.05, 0.1) is 0 Å². The average molecular weight is 413 g/mol. The molecule has 0 bridgehead atoms. The van der Waals surface area contributed by atoms with E-state index in [2.05, 4.69) is 51.0 Å². The molecular formula is C24H32NO3P. The Morgan fingerprint density at radius 1 is 1.07 bits per heavy atom. The van der Waals surface area contributed by atoms with Crippen LogP contribution in [0, 0.1) is 0 Å². The van der Waals surface area contributed by atoms with Gasteiger partial charge in [0, 0.05) is 0 Å². The zero-order chi connectivity index (χ0) is 21.3. The molecule has 4 nitrogen and oxygen atoms in total. The Bertz CT molecular complexity index is 993. The fraction of sp³-hybridized carbons (Fsp3) is 0.458. The molecule has 4 rings (SSSR count).